The van der Waals surface area contributed by atoms with Crippen molar-refractivity contribution < 1.29 is 27.1 Å². The SMILES string of the molecule is COCCN(Cc1nc(C(=O)OC)co1)S(=O)(=O)c1ccc(C)cc1. The molecule has 0 fully saturated rings. The van der Waals surface area contributed by atoms with Gasteiger partial charge in [0.1, 0.15) is 6.26 Å². The molecule has 0 aliphatic heterocycles. The van der Waals surface area contributed by atoms with Crippen LogP contribution in [0.25, 0.3) is 0 Å². The van der Waals surface area contributed by atoms with E-state index < -0.39 is 16.0 Å². The Labute approximate surface area is 146 Å². The molecule has 25 heavy (non-hydrogen) atoms. The molecule has 0 aliphatic rings. The smallest absolute Gasteiger partial charge is 0.360 e. The molecule has 1 aromatic heterocycles. The number of rotatable bonds is 8. The number of hydrogen-bond donors (Lipinski definition) is 0. The number of benzene rings is 1. The van der Waals surface area contributed by atoms with E-state index in [1.165, 1.54) is 18.5 Å². The second-order valence-electron chi connectivity index (χ2n) is 5.26. The largest absolute Gasteiger partial charge is 0.464 e. The van der Waals surface area contributed by atoms with Crippen molar-refractivity contribution in [1.82, 2.24) is 9.29 Å². The maximum absolute atomic E-state index is 12.9. The van der Waals surface area contributed by atoms with Crippen LogP contribution in [0.1, 0.15) is 21.9 Å². The van der Waals surface area contributed by atoms with Crippen LogP contribution in [0.5, 0.6) is 0 Å². The Morgan fingerprint density at radius 3 is 2.52 bits per heavy atom. The second-order valence-corrected chi connectivity index (χ2v) is 7.20. The van der Waals surface area contributed by atoms with Gasteiger partial charge in [-0.25, -0.2) is 18.2 Å². The number of carbonyl (C=O) groups is 1. The first-order valence-electron chi connectivity index (χ1n) is 7.47. The van der Waals surface area contributed by atoms with Crippen LogP contribution in [0.4, 0.5) is 0 Å². The fourth-order valence-corrected chi connectivity index (χ4v) is 3.44. The fourth-order valence-electron chi connectivity index (χ4n) is 2.07. The lowest BCUT2D eigenvalue weighted by molar-refractivity contribution is 0.0594. The number of methoxy groups -OCH3 is 2. The monoisotopic (exact) mass is 368 g/mol. The minimum atomic E-state index is -3.77. The number of nitrogens with zero attached hydrogens (tertiary/aromatic N) is 2. The van der Waals surface area contributed by atoms with Crippen molar-refractivity contribution in [3.8, 4) is 0 Å². The number of aromatic nitrogens is 1. The van der Waals surface area contributed by atoms with Crippen LogP contribution in [0.15, 0.2) is 39.8 Å². The summed E-state index contributed by atoms with van der Waals surface area (Å²) >= 11 is 0. The molecule has 0 atom stereocenters. The molecule has 0 amide bonds. The third-order valence-electron chi connectivity index (χ3n) is 3.46. The predicted molar refractivity (Wildman–Crippen MR) is 88.5 cm³/mol. The molecular formula is C16H20N2O6S. The number of aryl methyl sites for hydroxylation is 1. The molecule has 0 bridgehead atoms. The first kappa shape index (κ1) is 19.1. The highest BCUT2D eigenvalue weighted by Gasteiger charge is 2.26. The second kappa shape index (κ2) is 8.24. The third kappa shape index (κ3) is 4.65. The highest BCUT2D eigenvalue weighted by molar-refractivity contribution is 7.89. The van der Waals surface area contributed by atoms with Crippen LogP contribution in [0.2, 0.25) is 0 Å². The quantitative estimate of drug-likeness (QED) is 0.653. The van der Waals surface area contributed by atoms with Gasteiger partial charge >= 0.3 is 5.97 Å². The number of hydrogen-bond acceptors (Lipinski definition) is 7. The lowest BCUT2D eigenvalue weighted by Gasteiger charge is -2.20. The highest BCUT2D eigenvalue weighted by Crippen LogP contribution is 2.19. The average Bonchev–Trinajstić information content (AvgIpc) is 3.06. The molecule has 2 aromatic rings. The molecule has 8 nitrogen and oxygen atoms in total. The number of oxazole rings is 1. The summed E-state index contributed by atoms with van der Waals surface area (Å²) in [5.74, 6) is -0.563. The van der Waals surface area contributed by atoms with Gasteiger partial charge in [-0.2, -0.15) is 4.31 Å². The van der Waals surface area contributed by atoms with Gasteiger partial charge in [0.2, 0.25) is 15.9 Å². The molecule has 0 saturated carbocycles. The van der Waals surface area contributed by atoms with Crippen molar-refractivity contribution in [3.05, 3.63) is 47.7 Å². The molecule has 136 valence electrons. The van der Waals surface area contributed by atoms with Crippen molar-refractivity contribution in [2.24, 2.45) is 0 Å². The van der Waals surface area contributed by atoms with Gasteiger partial charge in [-0.15, -0.1) is 0 Å². The van der Waals surface area contributed by atoms with E-state index in [-0.39, 0.29) is 36.2 Å². The van der Waals surface area contributed by atoms with E-state index in [1.54, 1.807) is 24.3 Å². The maximum atomic E-state index is 12.9. The molecule has 9 heteroatoms. The summed E-state index contributed by atoms with van der Waals surface area (Å²) in [6.07, 6.45) is 1.13. The molecule has 1 aromatic carbocycles. The van der Waals surface area contributed by atoms with Crippen molar-refractivity contribution in [2.45, 2.75) is 18.4 Å². The Morgan fingerprint density at radius 1 is 1.24 bits per heavy atom. The fraction of sp³-hybridized carbons (Fsp3) is 0.375. The molecule has 0 N–H and O–H groups in total. The Kier molecular flexibility index (Phi) is 6.29. The van der Waals surface area contributed by atoms with Gasteiger partial charge in [-0.05, 0) is 19.1 Å². The zero-order chi connectivity index (χ0) is 18.4. The summed E-state index contributed by atoms with van der Waals surface area (Å²) in [5, 5.41) is 0. The molecule has 2 rings (SSSR count). The standard InChI is InChI=1S/C16H20N2O6S/c1-12-4-6-13(7-5-12)25(20,21)18(8-9-22-2)10-15-17-14(11-24-15)16(19)23-3/h4-7,11H,8-10H2,1-3H3. The summed E-state index contributed by atoms with van der Waals surface area (Å²) in [6.45, 7) is 2.06. The molecule has 0 saturated heterocycles. The average molecular weight is 368 g/mol. The predicted octanol–water partition coefficient (Wildman–Crippen LogP) is 1.61. The number of ether oxygens (including phenoxy) is 2. The molecule has 0 spiro atoms. The molecule has 1 heterocycles. The first-order valence-corrected chi connectivity index (χ1v) is 8.91. The lowest BCUT2D eigenvalue weighted by Crippen LogP contribution is -2.33. The lowest BCUT2D eigenvalue weighted by atomic mass is 10.2. The maximum Gasteiger partial charge on any atom is 0.360 e. The summed E-state index contributed by atoms with van der Waals surface area (Å²) in [4.78, 5) is 15.6. The van der Waals surface area contributed by atoms with Gasteiger partial charge in [0, 0.05) is 13.7 Å². The minimum absolute atomic E-state index is 0.0167. The molecule has 0 aliphatic carbocycles. The zero-order valence-corrected chi connectivity index (χ0v) is 15.1. The van der Waals surface area contributed by atoms with Gasteiger partial charge in [0.25, 0.3) is 0 Å². The first-order chi connectivity index (χ1) is 11.9. The molecule has 0 unspecified atom stereocenters. The van der Waals surface area contributed by atoms with E-state index in [0.29, 0.717) is 0 Å². The van der Waals surface area contributed by atoms with Gasteiger partial charge in [-0.3, -0.25) is 0 Å². The summed E-state index contributed by atoms with van der Waals surface area (Å²) < 4.78 is 41.6. The van der Waals surface area contributed by atoms with Crippen LogP contribution < -0.4 is 0 Å². The van der Waals surface area contributed by atoms with Gasteiger partial charge in [-0.1, -0.05) is 17.7 Å². The van der Waals surface area contributed by atoms with Gasteiger partial charge in [0.05, 0.1) is 25.2 Å². The Hall–Kier alpha value is -2.23. The van der Waals surface area contributed by atoms with Crippen LogP contribution in [0.3, 0.4) is 0 Å². The molecule has 0 radical (unpaired) electrons. The van der Waals surface area contributed by atoms with Gasteiger partial charge < -0.3 is 13.9 Å². The van der Waals surface area contributed by atoms with Crippen molar-refractivity contribution in [2.75, 3.05) is 27.4 Å². The van der Waals surface area contributed by atoms with Crippen molar-refractivity contribution in [1.29, 1.82) is 0 Å². The van der Waals surface area contributed by atoms with Crippen molar-refractivity contribution in [3.63, 3.8) is 0 Å². The zero-order valence-electron chi connectivity index (χ0n) is 14.3. The summed E-state index contributed by atoms with van der Waals surface area (Å²) in [7, 11) is -1.06. The summed E-state index contributed by atoms with van der Waals surface area (Å²) in [5.41, 5.74) is 0.940. The Morgan fingerprint density at radius 2 is 1.92 bits per heavy atom. The van der Waals surface area contributed by atoms with E-state index in [9.17, 15) is 13.2 Å². The number of sulfonamides is 1. The van der Waals surface area contributed by atoms with E-state index >= 15 is 0 Å². The number of carbonyl (C=O) groups excluding carboxylic acids is 1. The van der Waals surface area contributed by atoms with Crippen LogP contribution in [-0.2, 0) is 26.0 Å². The summed E-state index contributed by atoms with van der Waals surface area (Å²) in [6, 6.07) is 6.53. The number of esters is 1. The normalized spacial score (nSPS) is 11.7. The highest BCUT2D eigenvalue weighted by atomic mass is 32.2. The van der Waals surface area contributed by atoms with E-state index in [0.717, 1.165) is 11.8 Å². The van der Waals surface area contributed by atoms with E-state index in [1.807, 2.05) is 6.92 Å². The van der Waals surface area contributed by atoms with Crippen molar-refractivity contribution >= 4 is 16.0 Å². The van der Waals surface area contributed by atoms with E-state index in [4.69, 9.17) is 9.15 Å². The minimum Gasteiger partial charge on any atom is -0.464 e. The Bertz CT molecular complexity index is 813. The van der Waals surface area contributed by atoms with E-state index in [2.05, 4.69) is 9.72 Å². The van der Waals surface area contributed by atoms with Crippen LogP contribution >= 0.6 is 0 Å². The van der Waals surface area contributed by atoms with Gasteiger partial charge in [0.15, 0.2) is 5.69 Å². The Balaban J connectivity index is 2.27. The molecular weight excluding hydrogens is 348 g/mol. The van der Waals surface area contributed by atoms with Crippen LogP contribution in [0, 0.1) is 6.92 Å². The topological polar surface area (TPSA) is 98.9 Å². The van der Waals surface area contributed by atoms with Crippen LogP contribution in [-0.4, -0.2) is 51.0 Å². The third-order valence-corrected chi connectivity index (χ3v) is 5.32.